The average Bonchev–Trinajstić information content (AvgIpc) is 3.35. The lowest BCUT2D eigenvalue weighted by Crippen LogP contribution is -2.42. The van der Waals surface area contributed by atoms with Crippen molar-refractivity contribution in [1.82, 2.24) is 19.4 Å². The maximum Gasteiger partial charge on any atom is 0.274 e. The summed E-state index contributed by atoms with van der Waals surface area (Å²) >= 11 is 0. The molecule has 0 bridgehead atoms. The molecule has 4 aromatic rings. The number of halogens is 2. The molecule has 1 aliphatic heterocycles. The number of aryl methyl sites for hydroxylation is 1. The number of amides is 1. The topological polar surface area (TPSA) is 89.1 Å². The average molecular weight is 517 g/mol. The van der Waals surface area contributed by atoms with Crippen molar-refractivity contribution in [1.29, 1.82) is 0 Å². The third-order valence-electron chi connectivity index (χ3n) is 6.66. The fourth-order valence-corrected chi connectivity index (χ4v) is 4.83. The highest BCUT2D eigenvalue weighted by molar-refractivity contribution is 6.03. The van der Waals surface area contributed by atoms with Crippen molar-refractivity contribution >= 4 is 11.6 Å². The Bertz CT molecular complexity index is 1440. The van der Waals surface area contributed by atoms with Crippen LogP contribution in [0.3, 0.4) is 0 Å². The van der Waals surface area contributed by atoms with E-state index in [0.717, 1.165) is 42.9 Å². The van der Waals surface area contributed by atoms with Gasteiger partial charge in [0.05, 0.1) is 12.0 Å². The number of nitrogens with zero attached hydrogens (tertiary/aromatic N) is 4. The van der Waals surface area contributed by atoms with Gasteiger partial charge in [-0.15, -0.1) is 0 Å². The number of hydrogen-bond donors (Lipinski definition) is 2. The minimum absolute atomic E-state index is 0.0703. The maximum atomic E-state index is 13.2. The Balaban J connectivity index is 1.41. The van der Waals surface area contributed by atoms with Crippen LogP contribution in [0, 0.1) is 6.92 Å². The molecule has 0 unspecified atom stereocenters. The summed E-state index contributed by atoms with van der Waals surface area (Å²) in [5, 5.41) is 2.97. The SMILES string of the molecule is Cc1cn(-c2cc(CN3CCC[C@H](N)C3)cc(NC(=O)c3cc(-c4cccc(C(F)F)c4)ccn3)c2)cn1. The second kappa shape index (κ2) is 11.2. The van der Waals surface area contributed by atoms with Gasteiger partial charge in [-0.25, -0.2) is 13.8 Å². The van der Waals surface area contributed by atoms with Crippen LogP contribution < -0.4 is 11.1 Å². The standard InChI is InChI=1S/C29H30F2N6O/c1-19-15-37(18-34-19)26-11-20(16-36-9-3-6-24(32)17-36)10-25(14-26)35-29(38)27-13-22(7-8-33-27)21-4-2-5-23(12-21)28(30)31/h2,4-5,7-8,10-15,18,24,28H,3,6,9,16-17,32H2,1H3,(H,35,38)/t24-/m0/s1. The number of likely N-dealkylation sites (tertiary alicyclic amines) is 1. The van der Waals surface area contributed by atoms with Crippen LogP contribution in [0.2, 0.25) is 0 Å². The molecule has 1 fully saturated rings. The van der Waals surface area contributed by atoms with Gasteiger partial charge in [-0.1, -0.05) is 18.2 Å². The van der Waals surface area contributed by atoms with Crippen molar-refractivity contribution in [3.05, 3.63) is 95.8 Å². The molecule has 2 aromatic carbocycles. The van der Waals surface area contributed by atoms with Crippen LogP contribution in [0.5, 0.6) is 0 Å². The summed E-state index contributed by atoms with van der Waals surface area (Å²) in [5.74, 6) is -0.387. The van der Waals surface area contributed by atoms with Crippen molar-refractivity contribution in [3.63, 3.8) is 0 Å². The normalized spacial score (nSPS) is 16.1. The molecule has 1 aliphatic rings. The molecule has 7 nitrogen and oxygen atoms in total. The number of aromatic nitrogens is 3. The van der Waals surface area contributed by atoms with E-state index in [9.17, 15) is 13.6 Å². The number of nitrogens with two attached hydrogens (primary N) is 1. The van der Waals surface area contributed by atoms with E-state index in [0.29, 0.717) is 23.4 Å². The van der Waals surface area contributed by atoms with Gasteiger partial charge < -0.3 is 15.6 Å². The molecular formula is C29H30F2N6O. The molecule has 0 spiro atoms. The summed E-state index contributed by atoms with van der Waals surface area (Å²) in [6.07, 6.45) is 4.71. The fourth-order valence-electron chi connectivity index (χ4n) is 4.83. The predicted octanol–water partition coefficient (Wildman–Crippen LogP) is 5.36. The Hall–Kier alpha value is -3.95. The second-order valence-corrected chi connectivity index (χ2v) is 9.76. The third kappa shape index (κ3) is 6.12. The van der Waals surface area contributed by atoms with Crippen LogP contribution in [0.25, 0.3) is 16.8 Å². The smallest absolute Gasteiger partial charge is 0.274 e. The molecule has 0 aliphatic carbocycles. The zero-order valence-electron chi connectivity index (χ0n) is 21.1. The quantitative estimate of drug-likeness (QED) is 0.345. The number of benzene rings is 2. The van der Waals surface area contributed by atoms with Gasteiger partial charge in [-0.2, -0.15) is 0 Å². The van der Waals surface area contributed by atoms with Crippen molar-refractivity contribution in [2.24, 2.45) is 5.73 Å². The highest BCUT2D eigenvalue weighted by Gasteiger charge is 2.18. The number of imidazole rings is 1. The first-order valence-electron chi connectivity index (χ1n) is 12.6. The predicted molar refractivity (Wildman–Crippen MR) is 143 cm³/mol. The molecule has 3 heterocycles. The van der Waals surface area contributed by atoms with Gasteiger partial charge in [0.25, 0.3) is 12.3 Å². The van der Waals surface area contributed by atoms with Crippen molar-refractivity contribution < 1.29 is 13.6 Å². The molecular weight excluding hydrogens is 486 g/mol. The fraction of sp³-hybridized carbons (Fsp3) is 0.276. The molecule has 5 rings (SSSR count). The van der Waals surface area contributed by atoms with Crippen LogP contribution in [-0.4, -0.2) is 44.5 Å². The molecule has 3 N–H and O–H groups in total. The first kappa shape index (κ1) is 25.7. The first-order chi connectivity index (χ1) is 18.3. The number of carbonyl (C=O) groups excluding carboxylic acids is 1. The van der Waals surface area contributed by atoms with Gasteiger partial charge in [0.15, 0.2) is 0 Å². The Morgan fingerprint density at radius 1 is 1.13 bits per heavy atom. The largest absolute Gasteiger partial charge is 0.327 e. The van der Waals surface area contributed by atoms with Crippen LogP contribution >= 0.6 is 0 Å². The lowest BCUT2D eigenvalue weighted by molar-refractivity contribution is 0.102. The summed E-state index contributed by atoms with van der Waals surface area (Å²) in [4.78, 5) is 24.1. The highest BCUT2D eigenvalue weighted by atomic mass is 19.3. The zero-order valence-corrected chi connectivity index (χ0v) is 21.1. The Morgan fingerprint density at radius 2 is 1.97 bits per heavy atom. The summed E-state index contributed by atoms with van der Waals surface area (Å²) in [5.41, 5.74) is 11.0. The number of piperidine rings is 1. The highest BCUT2D eigenvalue weighted by Crippen LogP contribution is 2.27. The van der Waals surface area contributed by atoms with Crippen LogP contribution in [0.1, 0.15) is 46.6 Å². The molecule has 0 radical (unpaired) electrons. The molecule has 38 heavy (non-hydrogen) atoms. The van der Waals surface area contributed by atoms with E-state index in [1.54, 1.807) is 30.6 Å². The number of pyridine rings is 1. The van der Waals surface area contributed by atoms with Crippen LogP contribution in [0.15, 0.2) is 73.3 Å². The minimum Gasteiger partial charge on any atom is -0.327 e. The molecule has 0 saturated carbocycles. The van der Waals surface area contributed by atoms with Crippen molar-refractivity contribution in [2.45, 2.75) is 38.8 Å². The summed E-state index contributed by atoms with van der Waals surface area (Å²) in [6, 6.07) is 15.5. The minimum atomic E-state index is -2.57. The lowest BCUT2D eigenvalue weighted by Gasteiger charge is -2.30. The van der Waals surface area contributed by atoms with E-state index in [1.165, 1.54) is 18.3 Å². The van der Waals surface area contributed by atoms with Gasteiger partial charge >= 0.3 is 0 Å². The number of alkyl halides is 2. The third-order valence-corrected chi connectivity index (χ3v) is 6.66. The summed E-state index contributed by atoms with van der Waals surface area (Å²) in [7, 11) is 0. The number of anilines is 1. The summed E-state index contributed by atoms with van der Waals surface area (Å²) < 4.78 is 28.3. The molecule has 1 saturated heterocycles. The molecule has 9 heteroatoms. The number of rotatable bonds is 7. The van der Waals surface area contributed by atoms with E-state index < -0.39 is 6.43 Å². The molecule has 196 valence electrons. The molecule has 2 aromatic heterocycles. The van der Waals surface area contributed by atoms with E-state index in [2.05, 4.69) is 26.3 Å². The first-order valence-corrected chi connectivity index (χ1v) is 12.6. The van der Waals surface area contributed by atoms with Crippen LogP contribution in [0.4, 0.5) is 14.5 Å². The van der Waals surface area contributed by atoms with Gasteiger partial charge in [-0.3, -0.25) is 14.7 Å². The van der Waals surface area contributed by atoms with Gasteiger partial charge in [0.1, 0.15) is 5.69 Å². The monoisotopic (exact) mass is 516 g/mol. The van der Waals surface area contributed by atoms with Crippen molar-refractivity contribution in [2.75, 3.05) is 18.4 Å². The Morgan fingerprint density at radius 3 is 2.74 bits per heavy atom. The Kier molecular flexibility index (Phi) is 7.57. The zero-order chi connectivity index (χ0) is 26.6. The van der Waals surface area contributed by atoms with Gasteiger partial charge in [0.2, 0.25) is 0 Å². The second-order valence-electron chi connectivity index (χ2n) is 9.76. The van der Waals surface area contributed by atoms with E-state index >= 15 is 0 Å². The summed E-state index contributed by atoms with van der Waals surface area (Å²) in [6.45, 7) is 4.45. The van der Waals surface area contributed by atoms with Gasteiger partial charge in [0, 0.05) is 48.5 Å². The Labute approximate surface area is 220 Å². The van der Waals surface area contributed by atoms with Gasteiger partial charge in [-0.05, 0) is 79.4 Å². The van der Waals surface area contributed by atoms with E-state index in [4.69, 9.17) is 5.73 Å². The van der Waals surface area contributed by atoms with E-state index in [1.807, 2.05) is 29.8 Å². The maximum absolute atomic E-state index is 13.2. The number of nitrogens with one attached hydrogen (secondary N) is 1. The number of hydrogen-bond acceptors (Lipinski definition) is 5. The van der Waals surface area contributed by atoms with Crippen LogP contribution in [-0.2, 0) is 6.54 Å². The molecule has 1 amide bonds. The van der Waals surface area contributed by atoms with E-state index in [-0.39, 0.29) is 23.2 Å². The molecule has 1 atom stereocenters. The lowest BCUT2D eigenvalue weighted by atomic mass is 10.0. The van der Waals surface area contributed by atoms with Crippen molar-refractivity contribution in [3.8, 4) is 16.8 Å². The number of carbonyl (C=O) groups is 1.